The molecule has 2 N–H and O–H groups in total. The molecule has 0 saturated carbocycles. The summed E-state index contributed by atoms with van der Waals surface area (Å²) in [5, 5.41) is 12.1. The Balaban J connectivity index is 1.98. The number of carbonyl (C=O) groups excluding carboxylic acids is 2. The first-order valence-corrected chi connectivity index (χ1v) is 10.9. The normalized spacial score (nSPS) is 22.9. The van der Waals surface area contributed by atoms with Gasteiger partial charge in [0, 0.05) is 24.5 Å². The standard InChI is InChI=1S/C22H31ClFN5O2/c1-22(2,3)19(21(31)25-4)26-20(30)18-14-12-28(5)10-6-7-16(14)29(27-18)17-11-13(23)8-9-15(17)24/h8-9,11,14,16,19H,6-7,10,12H2,1-5H3,(H,25,31)(H,26,30)/t14?,16?,19-/m1/s1. The van der Waals surface area contributed by atoms with Crippen molar-refractivity contribution >= 4 is 34.8 Å². The number of rotatable bonds is 4. The average molecular weight is 452 g/mol. The lowest BCUT2D eigenvalue weighted by atomic mass is 9.85. The number of carbonyl (C=O) groups is 2. The first kappa shape index (κ1) is 23.5. The van der Waals surface area contributed by atoms with E-state index in [0.717, 1.165) is 19.4 Å². The zero-order valence-corrected chi connectivity index (χ0v) is 19.5. The second-order valence-corrected chi connectivity index (χ2v) is 9.83. The van der Waals surface area contributed by atoms with Crippen LogP contribution in [0.15, 0.2) is 23.3 Å². The van der Waals surface area contributed by atoms with Gasteiger partial charge in [0.05, 0.1) is 11.7 Å². The lowest BCUT2D eigenvalue weighted by molar-refractivity contribution is -0.129. The molecular weight excluding hydrogens is 421 g/mol. The maximum absolute atomic E-state index is 14.7. The average Bonchev–Trinajstić information content (AvgIpc) is 2.92. The van der Waals surface area contributed by atoms with E-state index in [0.29, 0.717) is 17.3 Å². The maximum Gasteiger partial charge on any atom is 0.268 e. The van der Waals surface area contributed by atoms with Crippen LogP contribution in [-0.4, -0.2) is 61.7 Å². The Labute approximate surface area is 188 Å². The Kier molecular flexibility index (Phi) is 6.91. The lowest BCUT2D eigenvalue weighted by Gasteiger charge is -2.30. The number of nitrogens with one attached hydrogen (secondary N) is 2. The number of hydrogen-bond acceptors (Lipinski definition) is 5. The van der Waals surface area contributed by atoms with Crippen LogP contribution < -0.4 is 15.6 Å². The van der Waals surface area contributed by atoms with Crippen molar-refractivity contribution in [1.29, 1.82) is 0 Å². The Hall–Kier alpha value is -2.19. The predicted octanol–water partition coefficient (Wildman–Crippen LogP) is 2.64. The Morgan fingerprint density at radius 2 is 2.03 bits per heavy atom. The highest BCUT2D eigenvalue weighted by Gasteiger charge is 2.44. The summed E-state index contributed by atoms with van der Waals surface area (Å²) < 4.78 is 14.7. The van der Waals surface area contributed by atoms with Crippen LogP contribution in [0.2, 0.25) is 5.02 Å². The van der Waals surface area contributed by atoms with Crippen molar-refractivity contribution in [3.63, 3.8) is 0 Å². The summed E-state index contributed by atoms with van der Waals surface area (Å²) in [6.07, 6.45) is 1.67. The van der Waals surface area contributed by atoms with Crippen molar-refractivity contribution in [1.82, 2.24) is 15.5 Å². The Morgan fingerprint density at radius 3 is 2.68 bits per heavy atom. The molecule has 2 heterocycles. The molecule has 2 amide bonds. The van der Waals surface area contributed by atoms with Gasteiger partial charge in [-0.25, -0.2) is 4.39 Å². The summed E-state index contributed by atoms with van der Waals surface area (Å²) in [4.78, 5) is 27.9. The van der Waals surface area contributed by atoms with Crippen molar-refractivity contribution in [2.75, 3.05) is 32.2 Å². The van der Waals surface area contributed by atoms with Crippen molar-refractivity contribution in [2.45, 2.75) is 45.7 Å². The molecular formula is C22H31ClFN5O2. The molecule has 3 rings (SSSR count). The molecule has 3 atom stereocenters. The van der Waals surface area contributed by atoms with Crippen molar-refractivity contribution in [3.05, 3.63) is 29.0 Å². The minimum atomic E-state index is -0.730. The van der Waals surface area contributed by atoms with Gasteiger partial charge in [-0.1, -0.05) is 32.4 Å². The van der Waals surface area contributed by atoms with E-state index in [1.54, 1.807) is 12.1 Å². The number of anilines is 1. The second kappa shape index (κ2) is 9.12. The third-order valence-electron chi connectivity index (χ3n) is 5.93. The summed E-state index contributed by atoms with van der Waals surface area (Å²) in [6.45, 7) is 7.17. The number of nitrogens with zero attached hydrogens (tertiary/aromatic N) is 3. The SMILES string of the molecule is CNC(=O)[C@@H](NC(=O)C1=NN(c2cc(Cl)ccc2F)C2CCCN(C)CC12)C(C)(C)C. The maximum atomic E-state index is 14.7. The number of amides is 2. The van der Waals surface area contributed by atoms with E-state index >= 15 is 0 Å². The first-order valence-electron chi connectivity index (χ1n) is 10.6. The highest BCUT2D eigenvalue weighted by Crippen LogP contribution is 2.36. The van der Waals surface area contributed by atoms with Crippen molar-refractivity contribution in [3.8, 4) is 0 Å². The summed E-state index contributed by atoms with van der Waals surface area (Å²) in [6, 6.07) is 3.45. The van der Waals surface area contributed by atoms with Gasteiger partial charge in [-0.2, -0.15) is 5.10 Å². The minimum absolute atomic E-state index is 0.160. The van der Waals surface area contributed by atoms with Gasteiger partial charge >= 0.3 is 0 Å². The third kappa shape index (κ3) is 5.01. The number of fused-ring (bicyclic) bond motifs is 1. The molecule has 31 heavy (non-hydrogen) atoms. The van der Waals surface area contributed by atoms with Crippen molar-refractivity contribution in [2.24, 2.45) is 16.4 Å². The van der Waals surface area contributed by atoms with Crippen LogP contribution >= 0.6 is 11.6 Å². The summed E-state index contributed by atoms with van der Waals surface area (Å²) in [7, 11) is 3.54. The smallest absolute Gasteiger partial charge is 0.268 e. The van der Waals surface area contributed by atoms with E-state index in [1.165, 1.54) is 18.2 Å². The molecule has 2 unspecified atom stereocenters. The number of benzene rings is 1. The van der Waals surface area contributed by atoms with E-state index in [1.807, 2.05) is 27.8 Å². The quantitative estimate of drug-likeness (QED) is 0.737. The summed E-state index contributed by atoms with van der Waals surface area (Å²) in [5.74, 6) is -1.33. The first-order chi connectivity index (χ1) is 14.5. The molecule has 0 bridgehead atoms. The number of likely N-dealkylation sites (tertiary alicyclic amines) is 1. The molecule has 2 aliphatic rings. The molecule has 2 aliphatic heterocycles. The van der Waals surface area contributed by atoms with Crippen LogP contribution in [0, 0.1) is 17.2 Å². The fourth-order valence-electron chi connectivity index (χ4n) is 4.28. The largest absolute Gasteiger partial charge is 0.357 e. The van der Waals surface area contributed by atoms with Gasteiger partial charge in [0.1, 0.15) is 17.6 Å². The molecule has 1 aromatic rings. The Morgan fingerprint density at radius 1 is 1.32 bits per heavy atom. The fourth-order valence-corrected chi connectivity index (χ4v) is 4.44. The van der Waals surface area contributed by atoms with Gasteiger partial charge in [-0.3, -0.25) is 14.6 Å². The van der Waals surface area contributed by atoms with Crippen molar-refractivity contribution < 1.29 is 14.0 Å². The number of hydrazone groups is 1. The summed E-state index contributed by atoms with van der Waals surface area (Å²) in [5.41, 5.74) is 0.0811. The monoisotopic (exact) mass is 451 g/mol. The molecule has 1 aromatic carbocycles. The van der Waals surface area contributed by atoms with Crippen LogP contribution in [0.5, 0.6) is 0 Å². The molecule has 0 radical (unpaired) electrons. The van der Waals surface area contributed by atoms with Crippen LogP contribution in [0.3, 0.4) is 0 Å². The molecule has 1 fully saturated rings. The van der Waals surface area contributed by atoms with Gasteiger partial charge in [0.2, 0.25) is 5.91 Å². The number of likely N-dealkylation sites (N-methyl/N-ethyl adjacent to an activating group) is 1. The predicted molar refractivity (Wildman–Crippen MR) is 121 cm³/mol. The number of halogens is 2. The Bertz CT molecular complexity index is 885. The van der Waals surface area contributed by atoms with Gasteiger partial charge in [0.25, 0.3) is 5.91 Å². The van der Waals surface area contributed by atoms with E-state index < -0.39 is 23.2 Å². The van der Waals surface area contributed by atoms with Crippen LogP contribution in [0.4, 0.5) is 10.1 Å². The molecule has 0 aromatic heterocycles. The van der Waals surface area contributed by atoms with Gasteiger partial charge < -0.3 is 15.5 Å². The molecule has 7 nitrogen and oxygen atoms in total. The lowest BCUT2D eigenvalue weighted by Crippen LogP contribution is -2.55. The van der Waals surface area contributed by atoms with E-state index in [-0.39, 0.29) is 23.6 Å². The molecule has 9 heteroatoms. The van der Waals surface area contributed by atoms with Crippen LogP contribution in [0.1, 0.15) is 33.6 Å². The zero-order valence-electron chi connectivity index (χ0n) is 18.7. The minimum Gasteiger partial charge on any atom is -0.357 e. The highest BCUT2D eigenvalue weighted by molar-refractivity contribution is 6.41. The van der Waals surface area contributed by atoms with E-state index in [4.69, 9.17) is 11.6 Å². The molecule has 0 spiro atoms. The van der Waals surface area contributed by atoms with Gasteiger partial charge in [-0.05, 0) is 50.0 Å². The zero-order chi connectivity index (χ0) is 22.9. The van der Waals surface area contributed by atoms with Gasteiger partial charge in [0.15, 0.2) is 0 Å². The third-order valence-corrected chi connectivity index (χ3v) is 6.17. The van der Waals surface area contributed by atoms with E-state index in [2.05, 4.69) is 20.6 Å². The van der Waals surface area contributed by atoms with Gasteiger partial charge in [-0.15, -0.1) is 0 Å². The highest BCUT2D eigenvalue weighted by atomic mass is 35.5. The summed E-state index contributed by atoms with van der Waals surface area (Å²) >= 11 is 6.12. The molecule has 0 aliphatic carbocycles. The van der Waals surface area contributed by atoms with Crippen LogP contribution in [-0.2, 0) is 9.59 Å². The number of hydrogen-bond donors (Lipinski definition) is 2. The second-order valence-electron chi connectivity index (χ2n) is 9.39. The molecule has 1 saturated heterocycles. The topological polar surface area (TPSA) is 77.0 Å². The fraction of sp³-hybridized carbons (Fsp3) is 0.591. The van der Waals surface area contributed by atoms with E-state index in [9.17, 15) is 14.0 Å². The van der Waals surface area contributed by atoms with Crippen LogP contribution in [0.25, 0.3) is 0 Å². The molecule has 170 valence electrons.